The van der Waals surface area contributed by atoms with Gasteiger partial charge in [0.1, 0.15) is 12.2 Å². The highest BCUT2D eigenvalue weighted by molar-refractivity contribution is 9.09. The van der Waals surface area contributed by atoms with Crippen LogP contribution in [0.4, 0.5) is 0 Å². The summed E-state index contributed by atoms with van der Waals surface area (Å²) in [6, 6.07) is 8.76. The molecule has 2 rings (SSSR count). The molecule has 0 aliphatic heterocycles. The predicted octanol–water partition coefficient (Wildman–Crippen LogP) is 3.72. The van der Waals surface area contributed by atoms with Gasteiger partial charge in [0.15, 0.2) is 0 Å². The van der Waals surface area contributed by atoms with Crippen molar-refractivity contribution in [3.05, 3.63) is 47.5 Å². The Labute approximate surface area is 123 Å². The smallest absolute Gasteiger partial charge is 0.138 e. The zero-order valence-corrected chi connectivity index (χ0v) is 13.1. The average molecular weight is 322 g/mol. The summed E-state index contributed by atoms with van der Waals surface area (Å²) in [7, 11) is 0. The van der Waals surface area contributed by atoms with Crippen LogP contribution < -0.4 is 0 Å². The van der Waals surface area contributed by atoms with Crippen LogP contribution in [-0.4, -0.2) is 20.1 Å². The normalized spacial score (nSPS) is 12.6. The summed E-state index contributed by atoms with van der Waals surface area (Å²) >= 11 is 3.62. The third-order valence-corrected chi connectivity index (χ3v) is 4.08. The van der Waals surface area contributed by atoms with Gasteiger partial charge in [-0.25, -0.2) is 4.98 Å². The van der Waals surface area contributed by atoms with Crippen LogP contribution in [0.5, 0.6) is 0 Å². The van der Waals surface area contributed by atoms with Crippen LogP contribution in [0.3, 0.4) is 0 Å². The van der Waals surface area contributed by atoms with Crippen molar-refractivity contribution in [2.24, 2.45) is 0 Å². The maximum absolute atomic E-state index is 4.40. The maximum Gasteiger partial charge on any atom is 0.138 e. The Morgan fingerprint density at radius 3 is 2.63 bits per heavy atom. The van der Waals surface area contributed by atoms with Gasteiger partial charge < -0.3 is 0 Å². The van der Waals surface area contributed by atoms with E-state index in [1.807, 2.05) is 4.68 Å². The third-order valence-electron chi connectivity index (χ3n) is 3.30. The van der Waals surface area contributed by atoms with Crippen LogP contribution in [0.25, 0.3) is 0 Å². The van der Waals surface area contributed by atoms with E-state index < -0.39 is 0 Å². The summed E-state index contributed by atoms with van der Waals surface area (Å²) in [4.78, 5) is 4.40. The highest BCUT2D eigenvalue weighted by Gasteiger charge is 2.14. The van der Waals surface area contributed by atoms with Crippen LogP contribution in [0.2, 0.25) is 0 Å². The molecule has 1 heterocycles. The van der Waals surface area contributed by atoms with Crippen LogP contribution in [0, 0.1) is 6.92 Å². The quantitative estimate of drug-likeness (QED) is 0.759. The summed E-state index contributed by atoms with van der Waals surface area (Å²) in [6.45, 7) is 5.22. The fourth-order valence-corrected chi connectivity index (χ4v) is 2.77. The van der Waals surface area contributed by atoms with E-state index in [2.05, 4.69) is 64.1 Å². The minimum Gasteiger partial charge on any atom is -0.250 e. The van der Waals surface area contributed by atoms with Gasteiger partial charge in [-0.15, -0.1) is 0 Å². The molecule has 0 aliphatic carbocycles. The van der Waals surface area contributed by atoms with Gasteiger partial charge in [-0.2, -0.15) is 5.10 Å². The molecule has 0 radical (unpaired) electrons. The maximum atomic E-state index is 4.40. The van der Waals surface area contributed by atoms with Gasteiger partial charge in [0.05, 0.1) is 0 Å². The van der Waals surface area contributed by atoms with Crippen molar-refractivity contribution in [3.8, 4) is 0 Å². The first-order valence-electron chi connectivity index (χ1n) is 6.73. The van der Waals surface area contributed by atoms with Crippen LogP contribution in [0.1, 0.15) is 36.2 Å². The molecule has 0 bridgehead atoms. The van der Waals surface area contributed by atoms with Gasteiger partial charge in [-0.3, -0.25) is 4.68 Å². The van der Waals surface area contributed by atoms with Gasteiger partial charge >= 0.3 is 0 Å². The Morgan fingerprint density at radius 2 is 2.00 bits per heavy atom. The lowest BCUT2D eigenvalue weighted by Gasteiger charge is -2.15. The van der Waals surface area contributed by atoms with E-state index in [4.69, 9.17) is 0 Å². The number of halogens is 1. The second kappa shape index (κ2) is 6.85. The lowest BCUT2D eigenvalue weighted by Crippen LogP contribution is -2.11. The lowest BCUT2D eigenvalue weighted by molar-refractivity contribution is 0.554. The van der Waals surface area contributed by atoms with Crippen molar-refractivity contribution in [3.63, 3.8) is 0 Å². The van der Waals surface area contributed by atoms with Crippen LogP contribution in [0.15, 0.2) is 30.6 Å². The molecule has 1 atom stereocenters. The molecule has 19 heavy (non-hydrogen) atoms. The predicted molar refractivity (Wildman–Crippen MR) is 81.7 cm³/mol. The third kappa shape index (κ3) is 3.66. The van der Waals surface area contributed by atoms with E-state index in [1.54, 1.807) is 6.33 Å². The molecule has 3 nitrogen and oxygen atoms in total. The second-order valence-electron chi connectivity index (χ2n) is 4.87. The number of alkyl halides is 1. The van der Waals surface area contributed by atoms with Gasteiger partial charge in [-0.05, 0) is 18.9 Å². The van der Waals surface area contributed by atoms with Gasteiger partial charge in [0.25, 0.3) is 0 Å². The first kappa shape index (κ1) is 14.3. The van der Waals surface area contributed by atoms with E-state index in [-0.39, 0.29) is 0 Å². The molecular weight excluding hydrogens is 302 g/mol. The molecule has 1 unspecified atom stereocenters. The summed E-state index contributed by atoms with van der Waals surface area (Å²) in [5.41, 5.74) is 2.65. The number of hydrogen-bond donors (Lipinski definition) is 0. The number of rotatable bonds is 6. The van der Waals surface area contributed by atoms with Crippen molar-refractivity contribution >= 4 is 15.9 Å². The van der Waals surface area contributed by atoms with Crippen molar-refractivity contribution in [1.29, 1.82) is 0 Å². The molecule has 1 aromatic heterocycles. The molecule has 0 spiro atoms. The van der Waals surface area contributed by atoms with Crippen LogP contribution >= 0.6 is 15.9 Å². The highest BCUT2D eigenvalue weighted by atomic mass is 79.9. The monoisotopic (exact) mass is 321 g/mol. The molecule has 0 amide bonds. The topological polar surface area (TPSA) is 30.7 Å². The molecular formula is C15H20BrN3. The number of aryl methyl sites for hydroxylation is 2. The molecule has 0 aliphatic rings. The Morgan fingerprint density at radius 1 is 1.26 bits per heavy atom. The Hall–Kier alpha value is -1.16. The van der Waals surface area contributed by atoms with Crippen molar-refractivity contribution < 1.29 is 0 Å². The SMILES string of the molecule is CCCn1ncnc1CC(CBr)c1ccc(C)cc1. The molecule has 4 heteroatoms. The van der Waals surface area contributed by atoms with E-state index in [1.165, 1.54) is 11.1 Å². The van der Waals surface area contributed by atoms with Crippen molar-refractivity contribution in [1.82, 2.24) is 14.8 Å². The Kier molecular flexibility index (Phi) is 5.14. The molecule has 0 N–H and O–H groups in total. The zero-order chi connectivity index (χ0) is 13.7. The number of nitrogens with zero attached hydrogens (tertiary/aromatic N) is 3. The van der Waals surface area contributed by atoms with E-state index in [0.717, 1.165) is 30.5 Å². The van der Waals surface area contributed by atoms with Gasteiger partial charge in [0.2, 0.25) is 0 Å². The summed E-state index contributed by atoms with van der Waals surface area (Å²) in [6.07, 6.45) is 3.67. The van der Waals surface area contributed by atoms with Gasteiger partial charge in [0, 0.05) is 24.2 Å². The molecule has 1 aromatic carbocycles. The first-order chi connectivity index (χ1) is 9.24. The number of aromatic nitrogens is 3. The number of benzene rings is 1. The Balaban J connectivity index is 2.14. The van der Waals surface area contributed by atoms with Crippen molar-refractivity contribution in [2.45, 2.75) is 39.2 Å². The zero-order valence-electron chi connectivity index (χ0n) is 11.5. The van der Waals surface area contributed by atoms with Crippen LogP contribution in [-0.2, 0) is 13.0 Å². The van der Waals surface area contributed by atoms with E-state index in [9.17, 15) is 0 Å². The largest absolute Gasteiger partial charge is 0.250 e. The fourth-order valence-electron chi connectivity index (χ4n) is 2.17. The minimum absolute atomic E-state index is 0.445. The Bertz CT molecular complexity index is 504. The summed E-state index contributed by atoms with van der Waals surface area (Å²) in [5.74, 6) is 1.52. The highest BCUT2D eigenvalue weighted by Crippen LogP contribution is 2.22. The standard InChI is InChI=1S/C15H20BrN3/c1-3-8-19-15(17-11-18-19)9-14(10-16)13-6-4-12(2)5-7-13/h4-7,11,14H,3,8-10H2,1-2H3. The fraction of sp³-hybridized carbons (Fsp3) is 0.467. The molecule has 0 saturated heterocycles. The summed E-state index contributed by atoms with van der Waals surface area (Å²) in [5, 5.41) is 5.23. The van der Waals surface area contributed by atoms with E-state index >= 15 is 0 Å². The average Bonchev–Trinajstić information content (AvgIpc) is 2.85. The molecule has 2 aromatic rings. The molecule has 0 saturated carbocycles. The summed E-state index contributed by atoms with van der Waals surface area (Å²) < 4.78 is 2.02. The minimum atomic E-state index is 0.445. The molecule has 0 fully saturated rings. The second-order valence-corrected chi connectivity index (χ2v) is 5.51. The molecule has 102 valence electrons. The van der Waals surface area contributed by atoms with Crippen molar-refractivity contribution in [2.75, 3.05) is 5.33 Å². The van der Waals surface area contributed by atoms with E-state index in [0.29, 0.717) is 5.92 Å². The lowest BCUT2D eigenvalue weighted by atomic mass is 9.96. The first-order valence-corrected chi connectivity index (χ1v) is 7.86. The number of hydrogen-bond acceptors (Lipinski definition) is 2. The van der Waals surface area contributed by atoms with Gasteiger partial charge in [-0.1, -0.05) is 52.7 Å².